The van der Waals surface area contributed by atoms with Crippen LogP contribution in [0.4, 0.5) is 0 Å². The summed E-state index contributed by atoms with van der Waals surface area (Å²) in [5.41, 5.74) is 6.49. The van der Waals surface area contributed by atoms with E-state index >= 15 is 0 Å². The van der Waals surface area contributed by atoms with E-state index in [0.29, 0.717) is 17.3 Å². The van der Waals surface area contributed by atoms with Gasteiger partial charge >= 0.3 is 0 Å². The summed E-state index contributed by atoms with van der Waals surface area (Å²) >= 11 is 6.41. The van der Waals surface area contributed by atoms with Gasteiger partial charge in [-0.1, -0.05) is 42.8 Å². The van der Waals surface area contributed by atoms with E-state index in [2.05, 4.69) is 41.6 Å². The molecule has 0 radical (unpaired) electrons. The predicted molar refractivity (Wildman–Crippen MR) is 116 cm³/mol. The Labute approximate surface area is 175 Å². The second kappa shape index (κ2) is 7.73. The number of nitrogens with zero attached hydrogens (tertiary/aromatic N) is 5. The first-order valence-corrected chi connectivity index (χ1v) is 10.1. The highest BCUT2D eigenvalue weighted by molar-refractivity contribution is 6.32. The molecule has 0 amide bonds. The number of hydrogen-bond acceptors (Lipinski definition) is 3. The van der Waals surface area contributed by atoms with Crippen molar-refractivity contribution in [1.82, 2.24) is 19.1 Å². The summed E-state index contributed by atoms with van der Waals surface area (Å²) in [6.45, 7) is 4.94. The van der Waals surface area contributed by atoms with Crippen molar-refractivity contribution in [1.29, 1.82) is 5.26 Å². The second-order valence-electron chi connectivity index (χ2n) is 7.29. The van der Waals surface area contributed by atoms with Gasteiger partial charge in [0.15, 0.2) is 5.65 Å². The molecule has 29 heavy (non-hydrogen) atoms. The smallest absolute Gasteiger partial charge is 0.160 e. The quantitative estimate of drug-likeness (QED) is 0.456. The van der Waals surface area contributed by atoms with Gasteiger partial charge in [-0.15, -0.1) is 0 Å². The lowest BCUT2D eigenvalue weighted by Gasteiger charge is -2.10. The summed E-state index contributed by atoms with van der Waals surface area (Å²) < 4.78 is 3.98. The van der Waals surface area contributed by atoms with Gasteiger partial charge in [0.2, 0.25) is 0 Å². The molecule has 5 nitrogen and oxygen atoms in total. The van der Waals surface area contributed by atoms with Crippen molar-refractivity contribution < 1.29 is 0 Å². The van der Waals surface area contributed by atoms with Gasteiger partial charge in [-0.2, -0.15) is 5.26 Å². The summed E-state index contributed by atoms with van der Waals surface area (Å²) in [5, 5.41) is 9.98. The molecule has 1 aromatic carbocycles. The van der Waals surface area contributed by atoms with Gasteiger partial charge in [0.25, 0.3) is 0 Å². The molecule has 4 rings (SSSR count). The topological polar surface area (TPSA) is 59.4 Å². The Hall–Kier alpha value is -3.10. The number of rotatable bonds is 5. The lowest BCUT2D eigenvalue weighted by atomic mass is 10.0. The monoisotopic (exact) mass is 403 g/mol. The molecule has 0 atom stereocenters. The van der Waals surface area contributed by atoms with E-state index in [1.54, 1.807) is 10.8 Å². The van der Waals surface area contributed by atoms with Crippen molar-refractivity contribution in [3.05, 3.63) is 70.4 Å². The highest BCUT2D eigenvalue weighted by Gasteiger charge is 2.16. The van der Waals surface area contributed by atoms with Crippen molar-refractivity contribution in [3.8, 4) is 17.2 Å². The molecule has 3 aromatic heterocycles. The van der Waals surface area contributed by atoms with E-state index < -0.39 is 0 Å². The van der Waals surface area contributed by atoms with E-state index in [1.165, 1.54) is 0 Å². The zero-order valence-corrected chi connectivity index (χ0v) is 17.5. The van der Waals surface area contributed by atoms with Crippen LogP contribution in [0.3, 0.4) is 0 Å². The zero-order chi connectivity index (χ0) is 20.5. The molecule has 3 heterocycles. The molecule has 146 valence electrons. The van der Waals surface area contributed by atoms with Gasteiger partial charge < -0.3 is 9.13 Å². The lowest BCUT2D eigenvalue weighted by molar-refractivity contribution is 0.717. The van der Waals surface area contributed by atoms with E-state index in [-0.39, 0.29) is 0 Å². The van der Waals surface area contributed by atoms with Crippen LogP contribution >= 0.6 is 11.6 Å². The number of pyridine rings is 1. The van der Waals surface area contributed by atoms with Gasteiger partial charge in [-0.05, 0) is 36.1 Å². The van der Waals surface area contributed by atoms with Crippen molar-refractivity contribution in [3.63, 3.8) is 0 Å². The Bertz CT molecular complexity index is 1230. The summed E-state index contributed by atoms with van der Waals surface area (Å²) in [7, 11) is 1.84. The van der Waals surface area contributed by atoms with Crippen LogP contribution in [-0.2, 0) is 20.0 Å². The highest BCUT2D eigenvalue weighted by Crippen LogP contribution is 2.32. The first-order chi connectivity index (χ1) is 14.0. The maximum Gasteiger partial charge on any atom is 0.160 e. The van der Waals surface area contributed by atoms with E-state index in [9.17, 15) is 5.26 Å². The zero-order valence-electron chi connectivity index (χ0n) is 16.8. The molecule has 0 aliphatic rings. The number of aryl methyl sites for hydroxylation is 3. The molecule has 0 N–H and O–H groups in total. The van der Waals surface area contributed by atoms with Crippen molar-refractivity contribution in [2.75, 3.05) is 0 Å². The van der Waals surface area contributed by atoms with Crippen LogP contribution in [-0.4, -0.2) is 19.1 Å². The third-order valence-corrected chi connectivity index (χ3v) is 5.66. The molecule has 0 bridgehead atoms. The molecule has 0 fully saturated rings. The summed E-state index contributed by atoms with van der Waals surface area (Å²) in [5.74, 6) is 1.06. The van der Waals surface area contributed by atoms with Crippen molar-refractivity contribution in [2.45, 2.75) is 33.2 Å². The largest absolute Gasteiger partial charge is 0.340 e. The van der Waals surface area contributed by atoms with E-state index in [1.807, 2.05) is 31.4 Å². The molecule has 6 heteroatoms. The number of fused-ring (bicyclic) bond motifs is 1. The van der Waals surface area contributed by atoms with Crippen LogP contribution in [0.25, 0.3) is 22.3 Å². The minimum Gasteiger partial charge on any atom is -0.340 e. The molecule has 0 saturated carbocycles. The first-order valence-electron chi connectivity index (χ1n) is 9.68. The van der Waals surface area contributed by atoms with Crippen LogP contribution < -0.4 is 0 Å². The number of halogens is 1. The van der Waals surface area contributed by atoms with Crippen LogP contribution in [0.2, 0.25) is 5.15 Å². The third kappa shape index (κ3) is 3.41. The number of benzene rings is 1. The van der Waals surface area contributed by atoms with Crippen LogP contribution in [0.15, 0.2) is 42.7 Å². The molecular weight excluding hydrogens is 382 g/mol. The Morgan fingerprint density at radius 1 is 1.17 bits per heavy atom. The highest BCUT2D eigenvalue weighted by atomic mass is 35.5. The van der Waals surface area contributed by atoms with Crippen LogP contribution in [0.1, 0.15) is 35.9 Å². The normalized spacial score (nSPS) is 11.1. The maximum atomic E-state index is 9.41. The average Bonchev–Trinajstić information content (AvgIpc) is 3.21. The average molecular weight is 404 g/mol. The summed E-state index contributed by atoms with van der Waals surface area (Å²) in [6, 6.07) is 12.4. The van der Waals surface area contributed by atoms with Gasteiger partial charge in [-0.25, -0.2) is 9.97 Å². The standard InChI is InChI=1S/C23H22ClN5/c1-4-5-19-27-21-15(2)10-11-26-23(21)29(19)13-16-6-8-17(9-7-16)20-18(12-25)14-28(3)22(20)24/h6-11,14H,4-5,13H2,1-3H3. The molecule has 0 aliphatic carbocycles. The van der Waals surface area contributed by atoms with E-state index in [4.69, 9.17) is 16.6 Å². The fraction of sp³-hybridized carbons (Fsp3) is 0.261. The molecule has 0 saturated heterocycles. The fourth-order valence-electron chi connectivity index (χ4n) is 3.69. The van der Waals surface area contributed by atoms with Crippen molar-refractivity contribution in [2.24, 2.45) is 7.05 Å². The third-order valence-electron chi connectivity index (χ3n) is 5.20. The van der Waals surface area contributed by atoms with Crippen LogP contribution in [0, 0.1) is 18.3 Å². The molecule has 4 aromatic rings. The number of hydrogen-bond donors (Lipinski definition) is 0. The van der Waals surface area contributed by atoms with Gasteiger partial charge in [0.05, 0.1) is 12.1 Å². The minimum absolute atomic E-state index is 0.569. The molecule has 0 unspecified atom stereocenters. The second-order valence-corrected chi connectivity index (χ2v) is 7.65. The van der Waals surface area contributed by atoms with E-state index in [0.717, 1.165) is 52.1 Å². The first kappa shape index (κ1) is 19.2. The maximum absolute atomic E-state index is 9.41. The molecule has 0 spiro atoms. The minimum atomic E-state index is 0.569. The molecule has 0 aliphatic heterocycles. The fourth-order valence-corrected chi connectivity index (χ4v) is 3.94. The van der Waals surface area contributed by atoms with Gasteiger partial charge in [-0.3, -0.25) is 0 Å². The Morgan fingerprint density at radius 3 is 2.62 bits per heavy atom. The number of nitriles is 1. The number of aromatic nitrogens is 4. The lowest BCUT2D eigenvalue weighted by Crippen LogP contribution is -2.06. The predicted octanol–water partition coefficient (Wildman–Crippen LogP) is 5.27. The Kier molecular flexibility index (Phi) is 5.12. The van der Waals surface area contributed by atoms with Crippen LogP contribution in [0.5, 0.6) is 0 Å². The number of imidazole rings is 1. The van der Waals surface area contributed by atoms with Crippen molar-refractivity contribution >= 4 is 22.8 Å². The summed E-state index contributed by atoms with van der Waals surface area (Å²) in [4.78, 5) is 9.43. The van der Waals surface area contributed by atoms with Gasteiger partial charge in [0, 0.05) is 31.4 Å². The summed E-state index contributed by atoms with van der Waals surface area (Å²) in [6.07, 6.45) is 5.55. The SMILES string of the molecule is CCCc1nc2c(C)ccnc2n1Cc1ccc(-c2c(C#N)cn(C)c2Cl)cc1. The molecular formula is C23H22ClN5. The van der Waals surface area contributed by atoms with Gasteiger partial charge in [0.1, 0.15) is 22.6 Å². The Morgan fingerprint density at radius 2 is 1.93 bits per heavy atom. The Balaban J connectivity index is 1.71.